The number of methoxy groups -OCH3 is 1. The first-order valence-electron chi connectivity index (χ1n) is 5.10. The number of hydrogen-bond acceptors (Lipinski definition) is 4. The van der Waals surface area contributed by atoms with Gasteiger partial charge in [-0.2, -0.15) is 0 Å². The molecule has 1 N–H and O–H groups in total. The molecule has 0 aliphatic heterocycles. The van der Waals surface area contributed by atoms with E-state index in [1.54, 1.807) is 28.8 Å². The van der Waals surface area contributed by atoms with Crippen LogP contribution in [0.3, 0.4) is 0 Å². The minimum Gasteiger partial charge on any atom is -0.478 e. The molecule has 6 nitrogen and oxygen atoms in total. The zero-order valence-electron chi connectivity index (χ0n) is 9.53. The van der Waals surface area contributed by atoms with Crippen LogP contribution in [0.15, 0.2) is 30.5 Å². The molecular formula is C12H10N2O4. The van der Waals surface area contributed by atoms with Gasteiger partial charge in [-0.1, -0.05) is 6.07 Å². The minimum atomic E-state index is -1.08. The number of fused-ring (bicyclic) bond motifs is 1. The maximum absolute atomic E-state index is 11.5. The fourth-order valence-corrected chi connectivity index (χ4v) is 1.57. The summed E-state index contributed by atoms with van der Waals surface area (Å²) in [5.41, 5.74) is 0.720. The Hall–Kier alpha value is -2.63. The highest BCUT2D eigenvalue weighted by molar-refractivity contribution is 5.95. The molecule has 0 radical (unpaired) electrons. The second kappa shape index (κ2) is 4.70. The Morgan fingerprint density at radius 1 is 1.44 bits per heavy atom. The van der Waals surface area contributed by atoms with Crippen molar-refractivity contribution in [1.82, 2.24) is 9.38 Å². The van der Waals surface area contributed by atoms with E-state index < -0.39 is 11.9 Å². The Morgan fingerprint density at radius 2 is 2.22 bits per heavy atom. The lowest BCUT2D eigenvalue weighted by Gasteiger charge is -1.96. The lowest BCUT2D eigenvalue weighted by atomic mass is 10.3. The minimum absolute atomic E-state index is 0.156. The molecule has 2 aromatic heterocycles. The number of rotatable bonds is 3. The van der Waals surface area contributed by atoms with Crippen LogP contribution in [-0.2, 0) is 9.53 Å². The first kappa shape index (κ1) is 11.8. The number of imidazole rings is 1. The Kier molecular flexibility index (Phi) is 3.09. The van der Waals surface area contributed by atoms with E-state index in [2.05, 4.69) is 9.72 Å². The first-order valence-corrected chi connectivity index (χ1v) is 5.10. The summed E-state index contributed by atoms with van der Waals surface area (Å²) in [5, 5.41) is 8.59. The van der Waals surface area contributed by atoms with Crippen LogP contribution in [0.1, 0.15) is 16.3 Å². The summed E-state index contributed by atoms with van der Waals surface area (Å²) in [7, 11) is 1.27. The molecule has 2 aromatic rings. The molecule has 0 atom stereocenters. The molecule has 2 rings (SSSR count). The molecule has 92 valence electrons. The number of carboxylic acid groups (broad SMARTS) is 1. The number of carbonyl (C=O) groups is 2. The summed E-state index contributed by atoms with van der Waals surface area (Å²) in [4.78, 5) is 26.1. The van der Waals surface area contributed by atoms with E-state index in [0.29, 0.717) is 11.3 Å². The van der Waals surface area contributed by atoms with Gasteiger partial charge >= 0.3 is 11.9 Å². The molecule has 0 unspecified atom stereocenters. The number of pyridine rings is 1. The Labute approximate surface area is 102 Å². The third kappa shape index (κ3) is 2.08. The van der Waals surface area contributed by atoms with Gasteiger partial charge in [-0.15, -0.1) is 0 Å². The van der Waals surface area contributed by atoms with Gasteiger partial charge in [0, 0.05) is 12.3 Å². The van der Waals surface area contributed by atoms with Crippen molar-refractivity contribution in [2.45, 2.75) is 0 Å². The number of aliphatic carboxylic acids is 1. The maximum atomic E-state index is 11.5. The molecule has 0 saturated carbocycles. The Bertz CT molecular complexity index is 643. The van der Waals surface area contributed by atoms with Crippen molar-refractivity contribution in [2.24, 2.45) is 0 Å². The van der Waals surface area contributed by atoms with Gasteiger partial charge in [-0.3, -0.25) is 4.40 Å². The van der Waals surface area contributed by atoms with Crippen LogP contribution in [0, 0.1) is 0 Å². The second-order valence-corrected chi connectivity index (χ2v) is 3.44. The average Bonchev–Trinajstić information content (AvgIpc) is 2.74. The molecule has 0 amide bonds. The number of ether oxygens (including phenoxy) is 1. The van der Waals surface area contributed by atoms with E-state index in [-0.39, 0.29) is 5.69 Å². The number of carboxylic acids is 1. The average molecular weight is 246 g/mol. The van der Waals surface area contributed by atoms with Gasteiger partial charge in [0.15, 0.2) is 5.69 Å². The van der Waals surface area contributed by atoms with E-state index in [1.165, 1.54) is 13.2 Å². The van der Waals surface area contributed by atoms with Crippen LogP contribution < -0.4 is 0 Å². The smallest absolute Gasteiger partial charge is 0.358 e. The zero-order chi connectivity index (χ0) is 13.1. The normalized spacial score (nSPS) is 10.9. The number of carbonyl (C=O) groups excluding carboxylic acids is 1. The summed E-state index contributed by atoms with van der Waals surface area (Å²) < 4.78 is 6.24. The zero-order valence-corrected chi connectivity index (χ0v) is 9.53. The highest BCUT2D eigenvalue weighted by Gasteiger charge is 2.16. The number of aromatic nitrogens is 2. The lowest BCUT2D eigenvalue weighted by molar-refractivity contribution is -0.131. The van der Waals surface area contributed by atoms with Gasteiger partial charge in [0.25, 0.3) is 0 Å². The molecule has 0 fully saturated rings. The summed E-state index contributed by atoms with van der Waals surface area (Å²) in [5.74, 6) is -1.29. The van der Waals surface area contributed by atoms with Gasteiger partial charge in [0.1, 0.15) is 5.82 Å². The topological polar surface area (TPSA) is 80.9 Å². The van der Waals surface area contributed by atoms with Gasteiger partial charge in [-0.25, -0.2) is 14.6 Å². The van der Waals surface area contributed by atoms with Crippen molar-refractivity contribution < 1.29 is 19.4 Å². The van der Waals surface area contributed by atoms with Crippen molar-refractivity contribution in [2.75, 3.05) is 7.11 Å². The van der Waals surface area contributed by atoms with Crippen molar-refractivity contribution in [3.63, 3.8) is 0 Å². The Balaban J connectivity index is 2.61. The molecule has 2 heterocycles. The number of hydrogen-bond donors (Lipinski definition) is 1. The fraction of sp³-hybridized carbons (Fsp3) is 0.0833. The predicted octanol–water partition coefficient (Wildman–Crippen LogP) is 1.22. The molecule has 0 aliphatic rings. The number of nitrogens with zero attached hydrogens (tertiary/aromatic N) is 2. The molecule has 6 heteroatoms. The molecule has 0 aromatic carbocycles. The van der Waals surface area contributed by atoms with Crippen LogP contribution in [0.25, 0.3) is 11.6 Å². The molecule has 18 heavy (non-hydrogen) atoms. The predicted molar refractivity (Wildman–Crippen MR) is 63.2 cm³/mol. The third-order valence-electron chi connectivity index (χ3n) is 2.33. The molecule has 0 bridgehead atoms. The Morgan fingerprint density at radius 3 is 2.89 bits per heavy atom. The van der Waals surface area contributed by atoms with Gasteiger partial charge in [0.2, 0.25) is 0 Å². The summed E-state index contributed by atoms with van der Waals surface area (Å²) in [6.07, 6.45) is 3.97. The SMILES string of the molecule is COC(=O)c1nc(/C=C/C(=O)O)n2ccccc12. The maximum Gasteiger partial charge on any atom is 0.358 e. The van der Waals surface area contributed by atoms with Gasteiger partial charge in [0.05, 0.1) is 12.6 Å². The van der Waals surface area contributed by atoms with Crippen LogP contribution in [0.5, 0.6) is 0 Å². The molecule has 0 aliphatic carbocycles. The van der Waals surface area contributed by atoms with E-state index in [0.717, 1.165) is 6.08 Å². The van der Waals surface area contributed by atoms with Crippen molar-refractivity contribution >= 4 is 23.5 Å². The van der Waals surface area contributed by atoms with E-state index >= 15 is 0 Å². The second-order valence-electron chi connectivity index (χ2n) is 3.44. The third-order valence-corrected chi connectivity index (χ3v) is 2.33. The fourth-order valence-electron chi connectivity index (χ4n) is 1.57. The van der Waals surface area contributed by atoms with Crippen molar-refractivity contribution in [3.8, 4) is 0 Å². The number of esters is 1. The molecular weight excluding hydrogens is 236 g/mol. The van der Waals surface area contributed by atoms with Crippen LogP contribution in [0.4, 0.5) is 0 Å². The molecule has 0 spiro atoms. The quantitative estimate of drug-likeness (QED) is 0.650. The standard InChI is InChI=1S/C12H10N2O4/c1-18-12(17)11-8-4-2-3-7-14(8)9(13-11)5-6-10(15)16/h2-7H,1H3,(H,15,16)/b6-5+. The van der Waals surface area contributed by atoms with Crippen LogP contribution in [0.2, 0.25) is 0 Å². The van der Waals surface area contributed by atoms with Crippen molar-refractivity contribution in [1.29, 1.82) is 0 Å². The van der Waals surface area contributed by atoms with E-state index in [9.17, 15) is 9.59 Å². The largest absolute Gasteiger partial charge is 0.478 e. The monoisotopic (exact) mass is 246 g/mol. The summed E-state index contributed by atoms with van der Waals surface area (Å²) >= 11 is 0. The van der Waals surface area contributed by atoms with Crippen molar-refractivity contribution in [3.05, 3.63) is 42.0 Å². The highest BCUT2D eigenvalue weighted by Crippen LogP contribution is 2.15. The van der Waals surface area contributed by atoms with E-state index in [4.69, 9.17) is 5.11 Å². The van der Waals surface area contributed by atoms with E-state index in [1.807, 2.05) is 0 Å². The molecule has 0 saturated heterocycles. The lowest BCUT2D eigenvalue weighted by Crippen LogP contribution is -2.02. The van der Waals surface area contributed by atoms with Gasteiger partial charge in [-0.05, 0) is 18.2 Å². The first-order chi connectivity index (χ1) is 8.63. The van der Waals surface area contributed by atoms with Crippen LogP contribution >= 0.6 is 0 Å². The summed E-state index contributed by atoms with van der Waals surface area (Å²) in [6, 6.07) is 5.22. The highest BCUT2D eigenvalue weighted by atomic mass is 16.5. The van der Waals surface area contributed by atoms with Crippen LogP contribution in [-0.4, -0.2) is 33.5 Å². The van der Waals surface area contributed by atoms with Gasteiger partial charge < -0.3 is 9.84 Å². The summed E-state index contributed by atoms with van der Waals surface area (Å²) in [6.45, 7) is 0.